The average molecular weight is 276 g/mol. The zero-order chi connectivity index (χ0) is 14.1. The summed E-state index contributed by atoms with van der Waals surface area (Å²) < 4.78 is 0. The molecule has 2 saturated heterocycles. The lowest BCUT2D eigenvalue weighted by atomic mass is 9.24. The van der Waals surface area contributed by atoms with Crippen LogP contribution in [0.2, 0.25) is 11.6 Å². The monoisotopic (exact) mass is 276 g/mol. The van der Waals surface area contributed by atoms with Gasteiger partial charge >= 0.3 is 0 Å². The summed E-state index contributed by atoms with van der Waals surface area (Å²) in [5.41, 5.74) is 4.72. The molecule has 1 aliphatic carbocycles. The SMILES string of the molecule is C1=C(B2C3CCCC2CCC3)CC=C(c2ccccc2)C1. The Labute approximate surface area is 129 Å². The molecule has 0 nitrogen and oxygen atoms in total. The number of hydrogen-bond donors (Lipinski definition) is 0. The topological polar surface area (TPSA) is 0 Å². The van der Waals surface area contributed by atoms with Crippen LogP contribution >= 0.6 is 0 Å². The summed E-state index contributed by atoms with van der Waals surface area (Å²) in [5, 5.41) is 0. The first-order valence-electron chi connectivity index (χ1n) is 8.85. The van der Waals surface area contributed by atoms with Gasteiger partial charge in [0.1, 0.15) is 0 Å². The van der Waals surface area contributed by atoms with E-state index in [9.17, 15) is 0 Å². The Morgan fingerprint density at radius 2 is 1.43 bits per heavy atom. The quantitative estimate of drug-likeness (QED) is 0.587. The third-order valence-electron chi connectivity index (χ3n) is 6.06. The first-order chi connectivity index (χ1) is 10.4. The van der Waals surface area contributed by atoms with E-state index in [0.29, 0.717) is 0 Å². The summed E-state index contributed by atoms with van der Waals surface area (Å²) in [7, 11) is 0. The van der Waals surface area contributed by atoms with Gasteiger partial charge in [0.2, 0.25) is 0 Å². The largest absolute Gasteiger partial charge is 0.176 e. The maximum Gasteiger partial charge on any atom is 0.176 e. The molecule has 4 rings (SSSR count). The number of fused-ring (bicyclic) bond motifs is 2. The number of hydrogen-bond acceptors (Lipinski definition) is 0. The molecule has 2 heterocycles. The van der Waals surface area contributed by atoms with Crippen LogP contribution in [0.5, 0.6) is 0 Å². The summed E-state index contributed by atoms with van der Waals surface area (Å²) in [5.74, 6) is 2.02. The molecular formula is C20H25B. The van der Waals surface area contributed by atoms with Gasteiger partial charge in [-0.25, -0.2) is 0 Å². The lowest BCUT2D eigenvalue weighted by molar-refractivity contribution is 0.445. The Morgan fingerprint density at radius 3 is 2.00 bits per heavy atom. The molecule has 2 aliphatic heterocycles. The average Bonchev–Trinajstić information content (AvgIpc) is 2.55. The van der Waals surface area contributed by atoms with Crippen LogP contribution in [-0.2, 0) is 0 Å². The van der Waals surface area contributed by atoms with Crippen LogP contribution in [0.15, 0.2) is 48.0 Å². The minimum atomic E-state index is 0.932. The molecule has 1 aromatic rings. The van der Waals surface area contributed by atoms with Crippen molar-refractivity contribution in [1.82, 2.24) is 0 Å². The van der Waals surface area contributed by atoms with Crippen molar-refractivity contribution < 1.29 is 0 Å². The van der Waals surface area contributed by atoms with Gasteiger partial charge in [-0.05, 0) is 24.0 Å². The highest BCUT2D eigenvalue weighted by Gasteiger charge is 2.40. The maximum atomic E-state index is 2.59. The highest BCUT2D eigenvalue weighted by Crippen LogP contribution is 2.50. The van der Waals surface area contributed by atoms with Gasteiger partial charge in [0, 0.05) is 0 Å². The molecule has 3 aliphatic rings. The van der Waals surface area contributed by atoms with E-state index in [-0.39, 0.29) is 0 Å². The van der Waals surface area contributed by atoms with Gasteiger partial charge in [0.25, 0.3) is 0 Å². The van der Waals surface area contributed by atoms with Crippen molar-refractivity contribution in [2.45, 2.75) is 63.0 Å². The van der Waals surface area contributed by atoms with Crippen molar-refractivity contribution in [2.75, 3.05) is 0 Å². The second kappa shape index (κ2) is 5.87. The molecule has 0 amide bonds. The minimum Gasteiger partial charge on any atom is -0.100 e. The van der Waals surface area contributed by atoms with Crippen LogP contribution in [0.1, 0.15) is 56.9 Å². The van der Waals surface area contributed by atoms with Crippen molar-refractivity contribution in [3.8, 4) is 0 Å². The van der Waals surface area contributed by atoms with E-state index >= 15 is 0 Å². The normalized spacial score (nSPS) is 28.9. The fraction of sp³-hybridized carbons (Fsp3) is 0.500. The lowest BCUT2D eigenvalue weighted by Gasteiger charge is -2.42. The first kappa shape index (κ1) is 13.4. The molecule has 0 radical (unpaired) electrons. The Morgan fingerprint density at radius 1 is 0.762 bits per heavy atom. The van der Waals surface area contributed by atoms with Crippen LogP contribution in [0.4, 0.5) is 0 Å². The summed E-state index contributed by atoms with van der Waals surface area (Å²) in [4.78, 5) is 0. The summed E-state index contributed by atoms with van der Waals surface area (Å²) >= 11 is 0. The van der Waals surface area contributed by atoms with Crippen molar-refractivity contribution in [3.05, 3.63) is 53.5 Å². The fourth-order valence-corrected chi connectivity index (χ4v) is 5.09. The van der Waals surface area contributed by atoms with Gasteiger partial charge in [-0.3, -0.25) is 0 Å². The van der Waals surface area contributed by atoms with E-state index < -0.39 is 0 Å². The van der Waals surface area contributed by atoms with Gasteiger partial charge in [-0.2, -0.15) is 0 Å². The maximum absolute atomic E-state index is 2.59. The van der Waals surface area contributed by atoms with Crippen LogP contribution in [0, 0.1) is 0 Å². The van der Waals surface area contributed by atoms with Gasteiger partial charge in [0.15, 0.2) is 6.71 Å². The molecule has 2 fully saturated rings. The predicted molar refractivity (Wildman–Crippen MR) is 92.7 cm³/mol. The van der Waals surface area contributed by atoms with Crippen LogP contribution < -0.4 is 0 Å². The molecule has 0 saturated carbocycles. The van der Waals surface area contributed by atoms with Crippen molar-refractivity contribution in [1.29, 1.82) is 0 Å². The minimum absolute atomic E-state index is 0.932. The molecule has 2 bridgehead atoms. The zero-order valence-corrected chi connectivity index (χ0v) is 12.9. The second-order valence-electron chi connectivity index (χ2n) is 7.19. The van der Waals surface area contributed by atoms with E-state index in [4.69, 9.17) is 0 Å². The lowest BCUT2D eigenvalue weighted by Crippen LogP contribution is -2.36. The Hall–Kier alpha value is -1.24. The Balaban J connectivity index is 1.50. The second-order valence-corrected chi connectivity index (χ2v) is 7.19. The number of benzene rings is 1. The van der Waals surface area contributed by atoms with Gasteiger partial charge < -0.3 is 0 Å². The standard InChI is InChI=1S/C20H25B/c1-2-6-16(7-3-1)17-12-14-20(15-13-17)21-18-8-4-9-19(21)11-5-10-18/h1-3,6-7,12,15,18-19H,4-5,8-11,13-14H2. The van der Waals surface area contributed by atoms with Gasteiger partial charge in [-0.15, -0.1) is 5.47 Å². The molecule has 1 aromatic carbocycles. The van der Waals surface area contributed by atoms with E-state index in [1.54, 1.807) is 5.47 Å². The third kappa shape index (κ3) is 2.63. The van der Waals surface area contributed by atoms with Crippen LogP contribution in [-0.4, -0.2) is 6.71 Å². The van der Waals surface area contributed by atoms with Crippen molar-refractivity contribution in [2.24, 2.45) is 0 Å². The van der Waals surface area contributed by atoms with E-state index in [1.807, 2.05) is 0 Å². The molecular weight excluding hydrogens is 251 g/mol. The smallest absolute Gasteiger partial charge is 0.100 e. The van der Waals surface area contributed by atoms with Crippen molar-refractivity contribution in [3.63, 3.8) is 0 Å². The van der Waals surface area contributed by atoms with E-state index in [1.165, 1.54) is 56.1 Å². The summed E-state index contributed by atoms with van der Waals surface area (Å²) in [6.07, 6.45) is 16.4. The zero-order valence-electron chi connectivity index (χ0n) is 12.9. The van der Waals surface area contributed by atoms with Crippen LogP contribution in [0.3, 0.4) is 0 Å². The molecule has 0 spiro atoms. The predicted octanol–water partition coefficient (Wildman–Crippen LogP) is 5.93. The van der Waals surface area contributed by atoms with E-state index in [2.05, 4.69) is 42.5 Å². The molecule has 21 heavy (non-hydrogen) atoms. The molecule has 0 unspecified atom stereocenters. The summed E-state index contributed by atoms with van der Waals surface area (Å²) in [6.45, 7) is 0.932. The molecule has 0 aromatic heterocycles. The van der Waals surface area contributed by atoms with Crippen LogP contribution in [0.25, 0.3) is 5.57 Å². The molecule has 0 atom stereocenters. The summed E-state index contributed by atoms with van der Waals surface area (Å²) in [6, 6.07) is 10.9. The molecule has 1 heteroatoms. The third-order valence-corrected chi connectivity index (χ3v) is 6.06. The van der Waals surface area contributed by atoms with Gasteiger partial charge in [-0.1, -0.05) is 92.6 Å². The first-order valence-corrected chi connectivity index (χ1v) is 8.85. The highest BCUT2D eigenvalue weighted by atomic mass is 14.3. The van der Waals surface area contributed by atoms with Gasteiger partial charge in [0.05, 0.1) is 0 Å². The highest BCUT2D eigenvalue weighted by molar-refractivity contribution is 6.70. The molecule has 108 valence electrons. The Kier molecular flexibility index (Phi) is 3.75. The molecule has 0 N–H and O–H groups in total. The van der Waals surface area contributed by atoms with Crippen molar-refractivity contribution >= 4 is 12.3 Å². The Bertz CT molecular complexity index is 532. The number of rotatable bonds is 2. The fourth-order valence-electron chi connectivity index (χ4n) is 5.09. The number of allylic oxidation sites excluding steroid dienone is 4. The van der Waals surface area contributed by atoms with E-state index in [0.717, 1.165) is 24.8 Å².